The van der Waals surface area contributed by atoms with Crippen LogP contribution in [0.1, 0.15) is 25.7 Å². The normalized spacial score (nSPS) is 17.5. The SMILES string of the molecule is C[Si](C)([c-]1cccc1)N1CCCC1.C[Si](C)([c-]1cccc1)N1CCCC1.[Cl-].[Cl-].[Hf+4]. The zero-order chi connectivity index (χ0) is 18.6. The largest absolute Gasteiger partial charge is 4.00 e. The molecule has 0 atom stereocenters. The molecule has 0 aliphatic carbocycles. The molecule has 7 heteroatoms. The van der Waals surface area contributed by atoms with E-state index >= 15 is 0 Å². The Morgan fingerprint density at radius 1 is 0.552 bits per heavy atom. The standard InChI is InChI=1S/2C11H18NSi.2ClH.Hf/c2*1-13(2,11-7-3-4-8-11)12-9-5-6-10-12;;;/h2*3-4,7-8H,5-6,9-10H2,1-2H3;2*1H;/q2*-1;;;+4/p-2. The Labute approximate surface area is 211 Å². The summed E-state index contributed by atoms with van der Waals surface area (Å²) in [7, 11) is -2.52. The first kappa shape index (κ1) is 29.5. The van der Waals surface area contributed by atoms with Gasteiger partial charge >= 0.3 is 25.8 Å². The summed E-state index contributed by atoms with van der Waals surface area (Å²) in [5, 5.41) is 3.18. The Morgan fingerprint density at radius 3 is 1.03 bits per heavy atom. The Balaban J connectivity index is 0.000000490. The van der Waals surface area contributed by atoms with Gasteiger partial charge in [0.05, 0.1) is 16.5 Å². The molecule has 0 saturated carbocycles. The van der Waals surface area contributed by atoms with E-state index in [-0.39, 0.29) is 50.7 Å². The third kappa shape index (κ3) is 7.26. The van der Waals surface area contributed by atoms with Gasteiger partial charge in [0.25, 0.3) is 0 Å². The summed E-state index contributed by atoms with van der Waals surface area (Å²) >= 11 is 0. The Hall–Kier alpha value is 0.504. The molecule has 2 aromatic carbocycles. The van der Waals surface area contributed by atoms with E-state index < -0.39 is 16.5 Å². The molecule has 2 nitrogen and oxygen atoms in total. The van der Waals surface area contributed by atoms with Crippen LogP contribution in [0.5, 0.6) is 0 Å². The molecule has 2 aromatic rings. The third-order valence-corrected chi connectivity index (χ3v) is 14.1. The summed E-state index contributed by atoms with van der Waals surface area (Å²) in [5.74, 6) is 0. The smallest absolute Gasteiger partial charge is 1.00 e. The van der Waals surface area contributed by atoms with Crippen molar-refractivity contribution in [3.8, 4) is 0 Å². The van der Waals surface area contributed by atoms with Crippen LogP contribution in [0.15, 0.2) is 48.5 Å². The first-order chi connectivity index (χ1) is 12.4. The maximum Gasteiger partial charge on any atom is 4.00 e. The molecule has 2 heterocycles. The van der Waals surface area contributed by atoms with Crippen LogP contribution in [0.4, 0.5) is 0 Å². The van der Waals surface area contributed by atoms with E-state index in [9.17, 15) is 0 Å². The summed E-state index contributed by atoms with van der Waals surface area (Å²) < 4.78 is 5.45. The van der Waals surface area contributed by atoms with Crippen molar-refractivity contribution in [1.82, 2.24) is 9.13 Å². The molecular formula is C22H36Cl2HfN2Si2. The molecule has 4 rings (SSSR count). The minimum atomic E-state index is -1.26. The van der Waals surface area contributed by atoms with Crippen molar-refractivity contribution in [2.24, 2.45) is 0 Å². The van der Waals surface area contributed by atoms with Gasteiger partial charge in [-0.15, -0.1) is 10.4 Å². The quantitative estimate of drug-likeness (QED) is 0.280. The molecule has 0 bridgehead atoms. The molecule has 0 unspecified atom stereocenters. The fraction of sp³-hybridized carbons (Fsp3) is 0.545. The number of rotatable bonds is 4. The van der Waals surface area contributed by atoms with Crippen LogP contribution < -0.4 is 35.2 Å². The van der Waals surface area contributed by atoms with E-state index in [1.807, 2.05) is 0 Å². The minimum absolute atomic E-state index is 0. The molecule has 0 spiro atoms. The maximum atomic E-state index is 2.72. The number of nitrogens with zero attached hydrogens (tertiary/aromatic N) is 2. The van der Waals surface area contributed by atoms with E-state index in [0.29, 0.717) is 0 Å². The van der Waals surface area contributed by atoms with Crippen LogP contribution in [-0.4, -0.2) is 51.8 Å². The van der Waals surface area contributed by atoms with Crippen molar-refractivity contribution in [2.45, 2.75) is 51.9 Å². The van der Waals surface area contributed by atoms with Crippen LogP contribution in [0, 0.1) is 0 Å². The fourth-order valence-corrected chi connectivity index (χ4v) is 10.1. The zero-order valence-electron chi connectivity index (χ0n) is 18.4. The van der Waals surface area contributed by atoms with Gasteiger partial charge in [-0.3, -0.25) is 0 Å². The van der Waals surface area contributed by atoms with Crippen molar-refractivity contribution in [2.75, 3.05) is 26.2 Å². The van der Waals surface area contributed by atoms with Crippen molar-refractivity contribution in [1.29, 1.82) is 0 Å². The number of halogens is 2. The average Bonchev–Trinajstić information content (AvgIpc) is 3.47. The molecule has 29 heavy (non-hydrogen) atoms. The van der Waals surface area contributed by atoms with Crippen molar-refractivity contribution in [3.63, 3.8) is 0 Å². The predicted molar refractivity (Wildman–Crippen MR) is 120 cm³/mol. The van der Waals surface area contributed by atoms with Crippen LogP contribution in [0.3, 0.4) is 0 Å². The van der Waals surface area contributed by atoms with Crippen LogP contribution in [0.25, 0.3) is 0 Å². The Bertz CT molecular complexity index is 590. The second-order valence-electron chi connectivity index (χ2n) is 8.85. The summed E-state index contributed by atoms with van der Waals surface area (Å²) in [4.78, 5) is 0. The predicted octanol–water partition coefficient (Wildman–Crippen LogP) is -2.17. The first-order valence-electron chi connectivity index (χ1n) is 10.4. The summed E-state index contributed by atoms with van der Waals surface area (Å²) in [6, 6.07) is 17.9. The van der Waals surface area contributed by atoms with E-state index in [1.54, 1.807) is 10.4 Å². The molecule has 2 saturated heterocycles. The Morgan fingerprint density at radius 2 is 0.793 bits per heavy atom. The molecule has 0 aromatic heterocycles. The number of hydrogen-bond donors (Lipinski definition) is 0. The van der Waals surface area contributed by atoms with Gasteiger partial charge in [-0.05, 0) is 51.9 Å². The van der Waals surface area contributed by atoms with Gasteiger partial charge in [0.2, 0.25) is 0 Å². The second kappa shape index (κ2) is 13.1. The van der Waals surface area contributed by atoms with Gasteiger partial charge in [-0.1, -0.05) is 26.2 Å². The van der Waals surface area contributed by atoms with Gasteiger partial charge in [-0.25, -0.2) is 24.3 Å². The van der Waals surface area contributed by atoms with Crippen molar-refractivity contribution < 1.29 is 50.7 Å². The van der Waals surface area contributed by atoms with Crippen LogP contribution in [0.2, 0.25) is 26.2 Å². The van der Waals surface area contributed by atoms with Gasteiger partial charge in [0.1, 0.15) is 0 Å². The summed E-state index contributed by atoms with van der Waals surface area (Å²) in [5.41, 5.74) is 0. The van der Waals surface area contributed by atoms with Crippen LogP contribution >= 0.6 is 0 Å². The molecule has 2 fully saturated rings. The molecule has 2 aliphatic rings. The third-order valence-electron chi connectivity index (χ3n) is 6.53. The summed E-state index contributed by atoms with van der Waals surface area (Å²) in [6.07, 6.45) is 5.60. The average molecular weight is 634 g/mol. The topological polar surface area (TPSA) is 6.48 Å². The van der Waals surface area contributed by atoms with E-state index in [1.165, 1.54) is 51.9 Å². The maximum absolute atomic E-state index is 2.72. The Kier molecular flexibility index (Phi) is 13.4. The molecule has 0 radical (unpaired) electrons. The number of hydrogen-bond acceptors (Lipinski definition) is 2. The second-order valence-corrected chi connectivity index (χ2v) is 17.5. The summed E-state index contributed by atoms with van der Waals surface area (Å²) in [6.45, 7) is 15.2. The molecule has 2 aliphatic heterocycles. The zero-order valence-corrected chi connectivity index (χ0v) is 25.5. The monoisotopic (exact) mass is 634 g/mol. The van der Waals surface area contributed by atoms with Crippen LogP contribution in [-0.2, 0) is 25.8 Å². The fourth-order valence-electron chi connectivity index (χ4n) is 4.48. The molecule has 0 N–H and O–H groups in total. The molecular weight excluding hydrogens is 598 g/mol. The van der Waals surface area contributed by atoms with Gasteiger partial charge in [-0.2, -0.15) is 24.3 Å². The minimum Gasteiger partial charge on any atom is -1.00 e. The van der Waals surface area contributed by atoms with Crippen molar-refractivity contribution >= 4 is 26.8 Å². The molecule has 160 valence electrons. The van der Waals surface area contributed by atoms with Gasteiger partial charge < -0.3 is 33.9 Å². The van der Waals surface area contributed by atoms with Gasteiger partial charge in [0, 0.05) is 0 Å². The van der Waals surface area contributed by atoms with E-state index in [2.05, 4.69) is 83.8 Å². The van der Waals surface area contributed by atoms with E-state index in [4.69, 9.17) is 0 Å². The first-order valence-corrected chi connectivity index (χ1v) is 16.3. The van der Waals surface area contributed by atoms with E-state index in [0.717, 1.165) is 0 Å². The van der Waals surface area contributed by atoms with Gasteiger partial charge in [0.15, 0.2) is 0 Å². The van der Waals surface area contributed by atoms with Crippen molar-refractivity contribution in [3.05, 3.63) is 48.5 Å². The molecule has 0 amide bonds.